The van der Waals surface area contributed by atoms with Crippen LogP contribution in [0, 0.1) is 0 Å². The Bertz CT molecular complexity index is 519. The summed E-state index contributed by atoms with van der Waals surface area (Å²) in [5.41, 5.74) is 0.730. The first kappa shape index (κ1) is 15.5. The first-order chi connectivity index (χ1) is 8.88. The lowest BCUT2D eigenvalue weighted by molar-refractivity contribution is -0.128. The highest BCUT2D eigenvalue weighted by molar-refractivity contribution is 7.90. The monoisotopic (exact) mass is 284 g/mol. The van der Waals surface area contributed by atoms with E-state index in [1.54, 1.807) is 17.0 Å². The molecule has 0 spiro atoms. The van der Waals surface area contributed by atoms with Gasteiger partial charge in [-0.2, -0.15) is 0 Å². The van der Waals surface area contributed by atoms with Gasteiger partial charge in [-0.05, 0) is 38.1 Å². The molecule has 0 bridgehead atoms. The number of carbonyl (C=O) groups excluding carboxylic acids is 1. The summed E-state index contributed by atoms with van der Waals surface area (Å²) < 4.78 is 22.6. The minimum Gasteiger partial charge on any atom is -0.376 e. The van der Waals surface area contributed by atoms with E-state index in [1.165, 1.54) is 18.4 Å². The van der Waals surface area contributed by atoms with E-state index in [2.05, 4.69) is 5.32 Å². The fourth-order valence-corrected chi connectivity index (χ4v) is 2.32. The highest BCUT2D eigenvalue weighted by Crippen LogP contribution is 2.13. The van der Waals surface area contributed by atoms with Crippen LogP contribution in [-0.4, -0.2) is 45.1 Å². The van der Waals surface area contributed by atoms with Crippen LogP contribution in [0.3, 0.4) is 0 Å². The van der Waals surface area contributed by atoms with Crippen LogP contribution in [0.15, 0.2) is 29.2 Å². The summed E-state index contributed by atoms with van der Waals surface area (Å²) in [5, 5.41) is 2.99. The molecule has 1 aromatic rings. The number of nitrogens with one attached hydrogen (secondary N) is 1. The van der Waals surface area contributed by atoms with Crippen molar-refractivity contribution in [3.63, 3.8) is 0 Å². The Morgan fingerprint density at radius 2 is 1.68 bits per heavy atom. The molecule has 1 aromatic carbocycles. The van der Waals surface area contributed by atoms with Crippen LogP contribution in [-0.2, 0) is 14.6 Å². The number of hydrogen-bond acceptors (Lipinski definition) is 4. The van der Waals surface area contributed by atoms with E-state index in [0.717, 1.165) is 5.69 Å². The van der Waals surface area contributed by atoms with Crippen molar-refractivity contribution in [2.24, 2.45) is 0 Å². The fraction of sp³-hybridized carbons (Fsp3) is 0.462. The Hall–Kier alpha value is -1.56. The minimum atomic E-state index is -3.18. The van der Waals surface area contributed by atoms with Gasteiger partial charge in [0.2, 0.25) is 5.91 Å². The number of benzene rings is 1. The Labute approximate surface area is 114 Å². The number of carbonyl (C=O) groups is 1. The van der Waals surface area contributed by atoms with E-state index in [1.807, 2.05) is 13.8 Å². The molecule has 0 heterocycles. The van der Waals surface area contributed by atoms with Gasteiger partial charge in [-0.3, -0.25) is 4.79 Å². The summed E-state index contributed by atoms with van der Waals surface area (Å²) >= 11 is 0. The molecular formula is C13H20N2O3S. The summed E-state index contributed by atoms with van der Waals surface area (Å²) in [6.45, 7) is 5.44. The number of rotatable bonds is 6. The number of anilines is 1. The van der Waals surface area contributed by atoms with Gasteiger partial charge in [0, 0.05) is 25.0 Å². The summed E-state index contributed by atoms with van der Waals surface area (Å²) in [4.78, 5) is 13.8. The molecule has 106 valence electrons. The van der Waals surface area contributed by atoms with Crippen molar-refractivity contribution < 1.29 is 13.2 Å². The van der Waals surface area contributed by atoms with E-state index >= 15 is 0 Å². The van der Waals surface area contributed by atoms with Crippen molar-refractivity contribution in [1.29, 1.82) is 0 Å². The second-order valence-electron chi connectivity index (χ2n) is 4.22. The largest absolute Gasteiger partial charge is 0.376 e. The van der Waals surface area contributed by atoms with Gasteiger partial charge < -0.3 is 10.2 Å². The molecule has 1 amide bonds. The second-order valence-corrected chi connectivity index (χ2v) is 6.23. The summed E-state index contributed by atoms with van der Waals surface area (Å²) in [5.74, 6) is 0.0252. The maximum atomic E-state index is 11.8. The zero-order chi connectivity index (χ0) is 14.5. The molecule has 0 saturated heterocycles. The van der Waals surface area contributed by atoms with Crippen LogP contribution in [0.1, 0.15) is 13.8 Å². The van der Waals surface area contributed by atoms with Crippen molar-refractivity contribution in [2.75, 3.05) is 31.2 Å². The normalized spacial score (nSPS) is 11.1. The van der Waals surface area contributed by atoms with E-state index in [0.29, 0.717) is 13.1 Å². The summed E-state index contributed by atoms with van der Waals surface area (Å²) in [6.07, 6.45) is 1.17. The molecule has 5 nitrogen and oxygen atoms in total. The van der Waals surface area contributed by atoms with Gasteiger partial charge in [-0.1, -0.05) is 0 Å². The van der Waals surface area contributed by atoms with Crippen LogP contribution in [0.5, 0.6) is 0 Å². The summed E-state index contributed by atoms with van der Waals surface area (Å²) in [7, 11) is -3.18. The van der Waals surface area contributed by atoms with E-state index in [-0.39, 0.29) is 17.3 Å². The molecule has 0 fully saturated rings. The van der Waals surface area contributed by atoms with Gasteiger partial charge in [0.05, 0.1) is 11.4 Å². The summed E-state index contributed by atoms with van der Waals surface area (Å²) in [6, 6.07) is 6.37. The number of likely N-dealkylation sites (N-methyl/N-ethyl adjacent to an activating group) is 1. The predicted octanol–water partition coefficient (Wildman–Crippen LogP) is 1.37. The van der Waals surface area contributed by atoms with Crippen LogP contribution < -0.4 is 5.32 Å². The van der Waals surface area contributed by atoms with Gasteiger partial charge in [0.25, 0.3) is 0 Å². The van der Waals surface area contributed by atoms with Gasteiger partial charge in [-0.25, -0.2) is 8.42 Å². The Morgan fingerprint density at radius 3 is 2.11 bits per heavy atom. The molecule has 0 aromatic heterocycles. The lowest BCUT2D eigenvalue weighted by atomic mass is 10.3. The maximum Gasteiger partial charge on any atom is 0.241 e. The van der Waals surface area contributed by atoms with Crippen molar-refractivity contribution in [1.82, 2.24) is 4.90 Å². The topological polar surface area (TPSA) is 66.5 Å². The van der Waals surface area contributed by atoms with Crippen LogP contribution in [0.4, 0.5) is 5.69 Å². The smallest absolute Gasteiger partial charge is 0.241 e. The number of hydrogen-bond donors (Lipinski definition) is 1. The van der Waals surface area contributed by atoms with Gasteiger partial charge in [0.15, 0.2) is 9.84 Å². The standard InChI is InChI=1S/C13H20N2O3S/c1-4-15(5-2)13(16)10-14-11-6-8-12(9-7-11)19(3,17)18/h6-9,14H,4-5,10H2,1-3H3. The highest BCUT2D eigenvalue weighted by atomic mass is 32.2. The molecule has 0 atom stereocenters. The van der Waals surface area contributed by atoms with Crippen molar-refractivity contribution in [2.45, 2.75) is 18.7 Å². The van der Waals surface area contributed by atoms with E-state index < -0.39 is 9.84 Å². The lowest BCUT2D eigenvalue weighted by Gasteiger charge is -2.19. The number of sulfone groups is 1. The van der Waals surface area contributed by atoms with Gasteiger partial charge in [0.1, 0.15) is 0 Å². The molecule has 0 aliphatic heterocycles. The number of amides is 1. The highest BCUT2D eigenvalue weighted by Gasteiger charge is 2.09. The third-order valence-corrected chi connectivity index (χ3v) is 3.97. The maximum absolute atomic E-state index is 11.8. The van der Waals surface area contributed by atoms with E-state index in [9.17, 15) is 13.2 Å². The Kier molecular flexibility index (Phi) is 5.35. The zero-order valence-electron chi connectivity index (χ0n) is 11.5. The van der Waals surface area contributed by atoms with Gasteiger partial charge in [-0.15, -0.1) is 0 Å². The van der Waals surface area contributed by atoms with Crippen LogP contribution in [0.25, 0.3) is 0 Å². The van der Waals surface area contributed by atoms with Crippen molar-refractivity contribution in [3.05, 3.63) is 24.3 Å². The van der Waals surface area contributed by atoms with Crippen molar-refractivity contribution in [3.8, 4) is 0 Å². The first-order valence-corrected chi connectivity index (χ1v) is 8.09. The molecular weight excluding hydrogens is 264 g/mol. The molecule has 6 heteroatoms. The Morgan fingerprint density at radius 1 is 1.16 bits per heavy atom. The average molecular weight is 284 g/mol. The van der Waals surface area contributed by atoms with E-state index in [4.69, 9.17) is 0 Å². The van der Waals surface area contributed by atoms with Crippen LogP contribution >= 0.6 is 0 Å². The second kappa shape index (κ2) is 6.56. The quantitative estimate of drug-likeness (QED) is 0.857. The van der Waals surface area contributed by atoms with Gasteiger partial charge >= 0.3 is 0 Å². The fourth-order valence-electron chi connectivity index (χ4n) is 1.69. The lowest BCUT2D eigenvalue weighted by Crippen LogP contribution is -2.35. The molecule has 0 aliphatic rings. The zero-order valence-corrected chi connectivity index (χ0v) is 12.3. The molecule has 0 saturated carbocycles. The molecule has 1 N–H and O–H groups in total. The molecule has 19 heavy (non-hydrogen) atoms. The predicted molar refractivity (Wildman–Crippen MR) is 76.0 cm³/mol. The number of nitrogens with zero attached hydrogens (tertiary/aromatic N) is 1. The third-order valence-electron chi connectivity index (χ3n) is 2.84. The third kappa shape index (κ3) is 4.55. The molecule has 0 unspecified atom stereocenters. The average Bonchev–Trinajstić information content (AvgIpc) is 2.37. The molecule has 0 aliphatic carbocycles. The van der Waals surface area contributed by atoms with Crippen molar-refractivity contribution >= 4 is 21.4 Å². The van der Waals surface area contributed by atoms with Crippen LogP contribution in [0.2, 0.25) is 0 Å². The minimum absolute atomic E-state index is 0.0252. The molecule has 1 rings (SSSR count). The Balaban J connectivity index is 2.62. The SMILES string of the molecule is CCN(CC)C(=O)CNc1ccc(S(C)(=O)=O)cc1. The molecule has 0 radical (unpaired) electrons. The first-order valence-electron chi connectivity index (χ1n) is 6.20.